The zero-order chi connectivity index (χ0) is 22.9. The van der Waals surface area contributed by atoms with Gasteiger partial charge in [0.25, 0.3) is 5.91 Å². The predicted molar refractivity (Wildman–Crippen MR) is 126 cm³/mol. The quantitative estimate of drug-likeness (QED) is 0.601. The highest BCUT2D eigenvalue weighted by Gasteiger charge is 2.33. The highest BCUT2D eigenvalue weighted by molar-refractivity contribution is 7.89. The Kier molecular flexibility index (Phi) is 6.41. The van der Waals surface area contributed by atoms with Gasteiger partial charge in [-0.3, -0.25) is 4.79 Å². The van der Waals surface area contributed by atoms with Crippen LogP contribution in [0.1, 0.15) is 50.3 Å². The Morgan fingerprint density at radius 1 is 1.06 bits per heavy atom. The molecule has 0 saturated carbocycles. The van der Waals surface area contributed by atoms with Crippen molar-refractivity contribution in [3.05, 3.63) is 69.2 Å². The van der Waals surface area contributed by atoms with Crippen LogP contribution in [0.5, 0.6) is 0 Å². The fraction of sp³-hybridized carbons (Fsp3) is 0.348. The maximum Gasteiger partial charge on any atom is 0.286 e. The second kappa shape index (κ2) is 9.09. The van der Waals surface area contributed by atoms with E-state index in [2.05, 4.69) is 15.5 Å². The minimum atomic E-state index is -3.59. The van der Waals surface area contributed by atoms with Gasteiger partial charge in [0.2, 0.25) is 15.0 Å². The third kappa shape index (κ3) is 4.60. The van der Waals surface area contributed by atoms with Crippen LogP contribution < -0.4 is 5.32 Å². The van der Waals surface area contributed by atoms with Crippen molar-refractivity contribution in [3.8, 4) is 0 Å². The number of sulfonamides is 1. The van der Waals surface area contributed by atoms with Crippen molar-refractivity contribution in [1.29, 1.82) is 0 Å². The number of amides is 1. The summed E-state index contributed by atoms with van der Waals surface area (Å²) in [6, 6.07) is 12.8. The molecule has 9 heteroatoms. The molecule has 1 saturated heterocycles. The summed E-state index contributed by atoms with van der Waals surface area (Å²) in [5.74, 6) is -0.388. The van der Waals surface area contributed by atoms with E-state index in [4.69, 9.17) is 0 Å². The van der Waals surface area contributed by atoms with Gasteiger partial charge in [-0.05, 0) is 68.5 Å². The lowest BCUT2D eigenvalue weighted by Crippen LogP contribution is -2.39. The van der Waals surface area contributed by atoms with Gasteiger partial charge in [-0.2, -0.15) is 4.31 Å². The van der Waals surface area contributed by atoms with E-state index < -0.39 is 10.0 Å². The zero-order valence-electron chi connectivity index (χ0n) is 18.3. The molecule has 0 spiro atoms. The number of carbonyl (C=O) groups excluding carboxylic acids is 1. The van der Waals surface area contributed by atoms with Gasteiger partial charge in [-0.25, -0.2) is 8.42 Å². The molecule has 7 nitrogen and oxygen atoms in total. The van der Waals surface area contributed by atoms with E-state index in [1.807, 2.05) is 51.1 Å². The van der Waals surface area contributed by atoms with E-state index >= 15 is 0 Å². The average molecular weight is 471 g/mol. The number of para-hydroxylation sites is 1. The molecular weight excluding hydrogens is 444 g/mol. The Balaban J connectivity index is 1.49. The van der Waals surface area contributed by atoms with Crippen molar-refractivity contribution in [1.82, 2.24) is 14.5 Å². The number of rotatable bonds is 5. The van der Waals surface area contributed by atoms with Crippen LogP contribution in [-0.4, -0.2) is 41.9 Å². The van der Waals surface area contributed by atoms with Crippen molar-refractivity contribution in [2.75, 3.05) is 18.4 Å². The lowest BCUT2D eigenvalue weighted by Gasteiger charge is -2.30. The topological polar surface area (TPSA) is 92.3 Å². The van der Waals surface area contributed by atoms with Gasteiger partial charge >= 0.3 is 0 Å². The van der Waals surface area contributed by atoms with Crippen LogP contribution in [0.15, 0.2) is 47.4 Å². The molecule has 1 N–H and O–H groups in total. The number of benzene rings is 2. The highest BCUT2D eigenvalue weighted by Crippen LogP contribution is 2.32. The van der Waals surface area contributed by atoms with E-state index in [-0.39, 0.29) is 16.8 Å². The number of nitrogens with one attached hydrogen (secondary N) is 1. The van der Waals surface area contributed by atoms with Gasteiger partial charge in [0, 0.05) is 24.7 Å². The molecule has 4 rings (SSSR count). The molecule has 168 valence electrons. The number of hydrogen-bond acceptors (Lipinski definition) is 6. The second-order valence-corrected chi connectivity index (χ2v) is 11.1. The third-order valence-electron chi connectivity index (χ3n) is 5.88. The number of nitrogens with zero attached hydrogens (tertiary/aromatic N) is 3. The summed E-state index contributed by atoms with van der Waals surface area (Å²) in [7, 11) is -3.59. The van der Waals surface area contributed by atoms with Gasteiger partial charge in [0.1, 0.15) is 5.01 Å². The SMILES string of the molecule is Cc1ccc(S(=O)(=O)N2CCCC(c3nnc(C(=O)Nc4ccccc4C)s3)C2)cc1C. The normalized spacial score (nSPS) is 17.3. The first-order valence-electron chi connectivity index (χ1n) is 10.5. The summed E-state index contributed by atoms with van der Waals surface area (Å²) in [5.41, 5.74) is 3.71. The number of carbonyl (C=O) groups is 1. The molecule has 1 aliphatic rings. The Bertz CT molecular complexity index is 1250. The van der Waals surface area contributed by atoms with E-state index in [9.17, 15) is 13.2 Å². The molecule has 2 aromatic carbocycles. The fourth-order valence-electron chi connectivity index (χ4n) is 3.77. The van der Waals surface area contributed by atoms with Crippen molar-refractivity contribution < 1.29 is 13.2 Å². The minimum Gasteiger partial charge on any atom is -0.320 e. The number of hydrogen-bond donors (Lipinski definition) is 1. The van der Waals surface area contributed by atoms with Crippen molar-refractivity contribution in [2.45, 2.75) is 44.4 Å². The van der Waals surface area contributed by atoms with Crippen LogP contribution in [0.2, 0.25) is 0 Å². The largest absolute Gasteiger partial charge is 0.320 e. The van der Waals surface area contributed by atoms with Gasteiger partial charge < -0.3 is 5.32 Å². The first kappa shape index (κ1) is 22.6. The van der Waals surface area contributed by atoms with Crippen molar-refractivity contribution >= 4 is 33.0 Å². The number of piperidine rings is 1. The Labute approximate surface area is 192 Å². The van der Waals surface area contributed by atoms with Crippen molar-refractivity contribution in [3.63, 3.8) is 0 Å². The number of aromatic nitrogens is 2. The smallest absolute Gasteiger partial charge is 0.286 e. The Hall–Kier alpha value is -2.62. The molecule has 1 aromatic heterocycles. The maximum atomic E-state index is 13.2. The lowest BCUT2D eigenvalue weighted by atomic mass is 10.0. The summed E-state index contributed by atoms with van der Waals surface area (Å²) >= 11 is 1.23. The molecule has 2 heterocycles. The van der Waals surface area contributed by atoms with Gasteiger partial charge in [-0.15, -0.1) is 10.2 Å². The first-order chi connectivity index (χ1) is 15.3. The molecule has 32 heavy (non-hydrogen) atoms. The Morgan fingerprint density at radius 2 is 1.84 bits per heavy atom. The summed E-state index contributed by atoms with van der Waals surface area (Å²) in [6.07, 6.45) is 1.55. The first-order valence-corrected chi connectivity index (χ1v) is 12.8. The predicted octanol–water partition coefficient (Wildman–Crippen LogP) is 4.28. The molecule has 0 bridgehead atoms. The van der Waals surface area contributed by atoms with Gasteiger partial charge in [0.05, 0.1) is 4.90 Å². The van der Waals surface area contributed by atoms with E-state index in [1.54, 1.807) is 12.1 Å². The van der Waals surface area contributed by atoms with E-state index in [0.29, 0.717) is 23.0 Å². The zero-order valence-corrected chi connectivity index (χ0v) is 20.0. The monoisotopic (exact) mass is 470 g/mol. The van der Waals surface area contributed by atoms with Crippen LogP contribution in [-0.2, 0) is 10.0 Å². The second-order valence-electron chi connectivity index (χ2n) is 8.16. The Morgan fingerprint density at radius 3 is 2.59 bits per heavy atom. The average Bonchev–Trinajstić information content (AvgIpc) is 3.28. The third-order valence-corrected chi connectivity index (χ3v) is 8.82. The molecule has 0 aliphatic carbocycles. The number of anilines is 1. The highest BCUT2D eigenvalue weighted by atomic mass is 32.2. The molecule has 1 unspecified atom stereocenters. The van der Waals surface area contributed by atoms with Crippen LogP contribution in [0.25, 0.3) is 0 Å². The summed E-state index contributed by atoms with van der Waals surface area (Å²) in [6.45, 7) is 6.62. The van der Waals surface area contributed by atoms with E-state index in [1.165, 1.54) is 15.6 Å². The van der Waals surface area contributed by atoms with E-state index in [0.717, 1.165) is 35.2 Å². The molecule has 3 aromatic rings. The summed E-state index contributed by atoms with van der Waals surface area (Å²) < 4.78 is 27.9. The van der Waals surface area contributed by atoms with Gasteiger partial charge in [0.15, 0.2) is 0 Å². The van der Waals surface area contributed by atoms with Crippen molar-refractivity contribution in [2.24, 2.45) is 0 Å². The molecule has 1 fully saturated rings. The standard InChI is InChI=1S/C23H26N4O3S2/c1-15-10-11-19(13-17(15)3)32(29,30)27-12-6-8-18(14-27)22-25-26-23(31-22)21(28)24-20-9-5-4-7-16(20)2/h4-5,7,9-11,13,18H,6,8,12,14H2,1-3H3,(H,24,28). The maximum absolute atomic E-state index is 13.2. The molecule has 0 radical (unpaired) electrons. The number of aryl methyl sites for hydroxylation is 3. The van der Waals surface area contributed by atoms with Gasteiger partial charge in [-0.1, -0.05) is 35.6 Å². The summed E-state index contributed by atoms with van der Waals surface area (Å²) in [4.78, 5) is 12.9. The lowest BCUT2D eigenvalue weighted by molar-refractivity contribution is 0.102. The van der Waals surface area contributed by atoms with Crippen LogP contribution in [0.4, 0.5) is 5.69 Å². The van der Waals surface area contributed by atoms with Crippen LogP contribution >= 0.6 is 11.3 Å². The molecule has 1 atom stereocenters. The molecular formula is C23H26N4O3S2. The van der Waals surface area contributed by atoms with Crippen LogP contribution in [0.3, 0.4) is 0 Å². The fourth-order valence-corrected chi connectivity index (χ4v) is 6.24. The summed E-state index contributed by atoms with van der Waals surface area (Å²) in [5, 5.41) is 12.1. The van der Waals surface area contributed by atoms with Crippen LogP contribution in [0, 0.1) is 20.8 Å². The minimum absolute atomic E-state index is 0.0809. The molecule has 1 aliphatic heterocycles. The molecule has 1 amide bonds.